The quantitative estimate of drug-likeness (QED) is 0.758. The van der Waals surface area contributed by atoms with Crippen molar-refractivity contribution in [2.45, 2.75) is 0 Å². The van der Waals surface area contributed by atoms with Gasteiger partial charge in [0.15, 0.2) is 11.5 Å². The maximum atomic E-state index is 10.4. The normalized spacial score (nSPS) is 10.4. The van der Waals surface area contributed by atoms with Gasteiger partial charge in [-0.2, -0.15) is 0 Å². The van der Waals surface area contributed by atoms with E-state index in [1.165, 1.54) is 32.4 Å². The van der Waals surface area contributed by atoms with Crippen LogP contribution in [0, 0.1) is 0 Å². The summed E-state index contributed by atoms with van der Waals surface area (Å²) in [5.74, 6) is -0.498. The van der Waals surface area contributed by atoms with E-state index in [0.717, 1.165) is 6.08 Å². The molecule has 0 fully saturated rings. The summed E-state index contributed by atoms with van der Waals surface area (Å²) in [4.78, 5) is 10.4. The SMILES string of the molecule is COc1cc(C=CC(=O)O)c(OC)cc1O. The van der Waals surface area contributed by atoms with Gasteiger partial charge in [0.05, 0.1) is 14.2 Å². The Morgan fingerprint density at radius 1 is 1.25 bits per heavy atom. The van der Waals surface area contributed by atoms with E-state index in [4.69, 9.17) is 14.6 Å². The van der Waals surface area contributed by atoms with Crippen LogP contribution in [0.2, 0.25) is 0 Å². The number of carboxylic acid groups (broad SMARTS) is 1. The summed E-state index contributed by atoms with van der Waals surface area (Å²) in [5, 5.41) is 18.0. The molecule has 1 rings (SSSR count). The van der Waals surface area contributed by atoms with E-state index < -0.39 is 5.97 Å². The molecule has 1 aromatic carbocycles. The molecular formula is C11H12O5. The van der Waals surface area contributed by atoms with Gasteiger partial charge in [-0.15, -0.1) is 0 Å². The number of hydrogen-bond donors (Lipinski definition) is 2. The van der Waals surface area contributed by atoms with Crippen LogP contribution in [0.3, 0.4) is 0 Å². The highest BCUT2D eigenvalue weighted by Gasteiger charge is 2.08. The van der Waals surface area contributed by atoms with Crippen LogP contribution in [0.4, 0.5) is 0 Å². The highest BCUT2D eigenvalue weighted by atomic mass is 16.5. The van der Waals surface area contributed by atoms with Crippen LogP contribution in [0.25, 0.3) is 6.08 Å². The molecule has 0 amide bonds. The Morgan fingerprint density at radius 2 is 1.88 bits per heavy atom. The van der Waals surface area contributed by atoms with Gasteiger partial charge < -0.3 is 19.7 Å². The first-order chi connectivity index (χ1) is 7.58. The summed E-state index contributed by atoms with van der Waals surface area (Å²) < 4.78 is 9.90. The number of ether oxygens (including phenoxy) is 2. The lowest BCUT2D eigenvalue weighted by atomic mass is 10.1. The van der Waals surface area contributed by atoms with Gasteiger partial charge in [0.1, 0.15) is 5.75 Å². The van der Waals surface area contributed by atoms with Crippen molar-refractivity contribution in [3.63, 3.8) is 0 Å². The number of aromatic hydroxyl groups is 1. The van der Waals surface area contributed by atoms with E-state index in [1.54, 1.807) is 0 Å². The van der Waals surface area contributed by atoms with Gasteiger partial charge in [-0.25, -0.2) is 4.79 Å². The molecule has 0 aliphatic rings. The third kappa shape index (κ3) is 2.66. The van der Waals surface area contributed by atoms with Crippen molar-refractivity contribution >= 4 is 12.0 Å². The Morgan fingerprint density at radius 3 is 2.38 bits per heavy atom. The zero-order valence-electron chi connectivity index (χ0n) is 8.93. The Bertz CT molecular complexity index is 423. The summed E-state index contributed by atoms with van der Waals surface area (Å²) >= 11 is 0. The Hall–Kier alpha value is -2.17. The summed E-state index contributed by atoms with van der Waals surface area (Å²) in [5.41, 5.74) is 0.513. The molecule has 0 bridgehead atoms. The van der Waals surface area contributed by atoms with Crippen LogP contribution in [-0.2, 0) is 4.79 Å². The van der Waals surface area contributed by atoms with E-state index >= 15 is 0 Å². The van der Waals surface area contributed by atoms with Crippen molar-refractivity contribution in [2.75, 3.05) is 14.2 Å². The molecule has 1 aromatic rings. The summed E-state index contributed by atoms with van der Waals surface area (Å²) in [6, 6.07) is 2.86. The lowest BCUT2D eigenvalue weighted by Gasteiger charge is -2.09. The van der Waals surface area contributed by atoms with Gasteiger partial charge in [0.25, 0.3) is 0 Å². The van der Waals surface area contributed by atoms with E-state index in [0.29, 0.717) is 11.3 Å². The van der Waals surface area contributed by atoms with E-state index in [9.17, 15) is 9.90 Å². The minimum Gasteiger partial charge on any atom is -0.504 e. The van der Waals surface area contributed by atoms with E-state index in [2.05, 4.69) is 0 Å². The number of carbonyl (C=O) groups is 1. The minimum atomic E-state index is -1.06. The second-order valence-electron chi connectivity index (χ2n) is 2.94. The van der Waals surface area contributed by atoms with Crippen molar-refractivity contribution in [1.29, 1.82) is 0 Å². The topological polar surface area (TPSA) is 76.0 Å². The third-order valence-corrected chi connectivity index (χ3v) is 1.94. The first-order valence-corrected chi connectivity index (χ1v) is 4.44. The molecule has 5 heteroatoms. The first-order valence-electron chi connectivity index (χ1n) is 4.44. The number of rotatable bonds is 4. The van der Waals surface area contributed by atoms with Crippen molar-refractivity contribution < 1.29 is 24.5 Å². The van der Waals surface area contributed by atoms with Crippen LogP contribution < -0.4 is 9.47 Å². The number of aliphatic carboxylic acids is 1. The average molecular weight is 224 g/mol. The second kappa shape index (κ2) is 5.06. The van der Waals surface area contributed by atoms with Crippen LogP contribution in [0.15, 0.2) is 18.2 Å². The summed E-state index contributed by atoms with van der Waals surface area (Å²) in [6.45, 7) is 0. The number of phenols is 1. The first kappa shape index (κ1) is 11.9. The monoisotopic (exact) mass is 224 g/mol. The Kier molecular flexibility index (Phi) is 3.77. The molecule has 0 radical (unpaired) electrons. The fourth-order valence-corrected chi connectivity index (χ4v) is 1.20. The molecular weight excluding hydrogens is 212 g/mol. The summed E-state index contributed by atoms with van der Waals surface area (Å²) in [6.07, 6.45) is 2.34. The molecule has 2 N–H and O–H groups in total. The van der Waals surface area contributed by atoms with Crippen LogP contribution in [0.5, 0.6) is 17.2 Å². The number of hydrogen-bond acceptors (Lipinski definition) is 4. The zero-order chi connectivity index (χ0) is 12.1. The van der Waals surface area contributed by atoms with Gasteiger partial charge in [-0.1, -0.05) is 0 Å². The van der Waals surface area contributed by atoms with Crippen molar-refractivity contribution in [2.24, 2.45) is 0 Å². The van der Waals surface area contributed by atoms with Gasteiger partial charge in [-0.05, 0) is 12.1 Å². The molecule has 0 saturated carbocycles. The molecule has 86 valence electrons. The molecule has 0 heterocycles. The lowest BCUT2D eigenvalue weighted by molar-refractivity contribution is -0.131. The summed E-state index contributed by atoms with van der Waals surface area (Å²) in [7, 11) is 2.84. The smallest absolute Gasteiger partial charge is 0.328 e. The van der Waals surface area contributed by atoms with Crippen LogP contribution >= 0.6 is 0 Å². The minimum absolute atomic E-state index is 0.0631. The molecule has 0 aliphatic carbocycles. The molecule has 0 aliphatic heterocycles. The molecule has 16 heavy (non-hydrogen) atoms. The third-order valence-electron chi connectivity index (χ3n) is 1.94. The molecule has 5 nitrogen and oxygen atoms in total. The van der Waals surface area contributed by atoms with Gasteiger partial charge in [0, 0.05) is 17.7 Å². The van der Waals surface area contributed by atoms with Crippen molar-refractivity contribution in [1.82, 2.24) is 0 Å². The molecule has 0 atom stereocenters. The van der Waals surface area contributed by atoms with Crippen molar-refractivity contribution in [3.8, 4) is 17.2 Å². The van der Waals surface area contributed by atoms with E-state index in [-0.39, 0.29) is 11.5 Å². The van der Waals surface area contributed by atoms with E-state index in [1.807, 2.05) is 0 Å². The molecule has 0 spiro atoms. The number of phenolic OH excluding ortho intramolecular Hbond substituents is 1. The van der Waals surface area contributed by atoms with Gasteiger partial charge in [-0.3, -0.25) is 0 Å². The second-order valence-corrected chi connectivity index (χ2v) is 2.94. The standard InChI is InChI=1S/C11H12O5/c1-15-9-6-8(12)10(16-2)5-7(9)3-4-11(13)14/h3-6,12H,1-2H3,(H,13,14). The number of methoxy groups -OCH3 is 2. The fourth-order valence-electron chi connectivity index (χ4n) is 1.20. The predicted octanol–water partition coefficient (Wildman–Crippen LogP) is 1.51. The highest BCUT2D eigenvalue weighted by Crippen LogP contribution is 2.34. The number of benzene rings is 1. The van der Waals surface area contributed by atoms with Gasteiger partial charge in [0.2, 0.25) is 0 Å². The maximum Gasteiger partial charge on any atom is 0.328 e. The highest BCUT2D eigenvalue weighted by molar-refractivity contribution is 5.86. The average Bonchev–Trinajstić information content (AvgIpc) is 2.26. The van der Waals surface area contributed by atoms with Crippen molar-refractivity contribution in [3.05, 3.63) is 23.8 Å². The van der Waals surface area contributed by atoms with Crippen LogP contribution in [-0.4, -0.2) is 30.4 Å². The zero-order valence-corrected chi connectivity index (χ0v) is 8.93. The van der Waals surface area contributed by atoms with Gasteiger partial charge >= 0.3 is 5.97 Å². The Balaban J connectivity index is 3.19. The lowest BCUT2D eigenvalue weighted by Crippen LogP contribution is -1.92. The fraction of sp³-hybridized carbons (Fsp3) is 0.182. The number of carboxylic acids is 1. The predicted molar refractivity (Wildman–Crippen MR) is 57.9 cm³/mol. The maximum absolute atomic E-state index is 10.4. The molecule has 0 saturated heterocycles. The Labute approximate surface area is 92.5 Å². The molecule has 0 unspecified atom stereocenters. The van der Waals surface area contributed by atoms with Crippen LogP contribution in [0.1, 0.15) is 5.56 Å². The molecule has 0 aromatic heterocycles. The largest absolute Gasteiger partial charge is 0.504 e.